The Bertz CT molecular complexity index is 290. The molecule has 2 nitrogen and oxygen atoms in total. The highest BCUT2D eigenvalue weighted by molar-refractivity contribution is 6.14. The summed E-state index contributed by atoms with van der Waals surface area (Å²) < 4.78 is 0. The van der Waals surface area contributed by atoms with Gasteiger partial charge >= 0.3 is 0 Å². The largest absolute Gasteiger partial charge is 0.346 e. The summed E-state index contributed by atoms with van der Waals surface area (Å²) in [6.45, 7) is 3.36. The van der Waals surface area contributed by atoms with Gasteiger partial charge in [0.05, 0.1) is 0 Å². The van der Waals surface area contributed by atoms with Gasteiger partial charge in [0.15, 0.2) is 0 Å². The van der Waals surface area contributed by atoms with E-state index in [1.165, 1.54) is 38.5 Å². The van der Waals surface area contributed by atoms with Crippen LogP contribution in [0.4, 0.5) is 0 Å². The van der Waals surface area contributed by atoms with Crippen LogP contribution in [0.25, 0.3) is 0 Å². The molecule has 2 aliphatic rings. The van der Waals surface area contributed by atoms with Gasteiger partial charge in [-0.15, -0.1) is 0 Å². The Morgan fingerprint density at radius 2 is 1.88 bits per heavy atom. The van der Waals surface area contributed by atoms with Gasteiger partial charge in [0, 0.05) is 19.5 Å². The second-order valence-electron chi connectivity index (χ2n) is 6.86. The van der Waals surface area contributed by atoms with Gasteiger partial charge in [0.1, 0.15) is 7.85 Å². The topological polar surface area (TPSA) is 20.3 Å². The van der Waals surface area contributed by atoms with Crippen molar-refractivity contribution in [1.29, 1.82) is 0 Å². The van der Waals surface area contributed by atoms with Crippen LogP contribution in [-0.2, 0) is 4.79 Å². The van der Waals surface area contributed by atoms with E-state index in [0.29, 0.717) is 23.1 Å². The fraction of sp³-hybridized carbons (Fsp3) is 0.929. The fourth-order valence-electron chi connectivity index (χ4n) is 3.63. The minimum atomic E-state index is 0.336. The van der Waals surface area contributed by atoms with Crippen LogP contribution in [0.1, 0.15) is 51.9 Å². The molecule has 1 saturated heterocycles. The zero-order valence-corrected chi connectivity index (χ0v) is 11.7. The zero-order valence-electron chi connectivity index (χ0n) is 11.7. The molecule has 0 aromatic heterocycles. The van der Waals surface area contributed by atoms with Gasteiger partial charge in [-0.1, -0.05) is 37.9 Å². The summed E-state index contributed by atoms with van der Waals surface area (Å²) in [5.41, 5.74) is 0. The maximum absolute atomic E-state index is 12.2. The number of rotatable bonds is 0. The fourth-order valence-corrected chi connectivity index (χ4v) is 3.63. The highest BCUT2D eigenvalue weighted by Gasteiger charge is 2.35. The van der Waals surface area contributed by atoms with E-state index < -0.39 is 0 Å². The molecular formula is C14H26BNO. The summed E-state index contributed by atoms with van der Waals surface area (Å²) in [7, 11) is 4.35. The van der Waals surface area contributed by atoms with Gasteiger partial charge in [0.25, 0.3) is 0 Å². The maximum atomic E-state index is 12.2. The van der Waals surface area contributed by atoms with Crippen LogP contribution < -0.4 is 0 Å². The maximum Gasteiger partial charge on any atom is 0.225 e. The van der Waals surface area contributed by atoms with Gasteiger partial charge in [0.2, 0.25) is 5.91 Å². The van der Waals surface area contributed by atoms with Crippen LogP contribution in [0.5, 0.6) is 0 Å². The average Bonchev–Trinajstić information content (AvgIpc) is 2.33. The third-order valence-electron chi connectivity index (χ3n) is 4.89. The van der Waals surface area contributed by atoms with Crippen molar-refractivity contribution >= 4 is 13.8 Å². The lowest BCUT2D eigenvalue weighted by Crippen LogP contribution is -2.43. The number of hydrogen-bond donors (Lipinski definition) is 0. The van der Waals surface area contributed by atoms with Crippen LogP contribution in [0, 0.1) is 11.8 Å². The predicted octanol–water partition coefficient (Wildman–Crippen LogP) is 2.25. The highest BCUT2D eigenvalue weighted by Crippen LogP contribution is 2.41. The van der Waals surface area contributed by atoms with E-state index >= 15 is 0 Å². The Morgan fingerprint density at radius 1 is 1.24 bits per heavy atom. The summed E-state index contributed by atoms with van der Waals surface area (Å²) in [5, 5.41) is 0.489. The van der Waals surface area contributed by atoms with E-state index in [4.69, 9.17) is 0 Å². The lowest BCUT2D eigenvalue weighted by atomic mass is 9.64. The molecule has 0 aromatic carbocycles. The standard InChI is InChI=1S/C14H26BNO/c1-14(15)8-3-5-11-7-10-16(2)13(17)12(11)6-4-9-14/h11-12H,3-10,15H2,1-2H3. The third-order valence-corrected chi connectivity index (χ3v) is 4.89. The van der Waals surface area contributed by atoms with Crippen LogP contribution in [0.3, 0.4) is 0 Å². The number of amides is 1. The zero-order chi connectivity index (χ0) is 12.5. The highest BCUT2D eigenvalue weighted by atomic mass is 16.2. The molecule has 2 rings (SSSR count). The van der Waals surface area contributed by atoms with Crippen molar-refractivity contribution in [2.75, 3.05) is 13.6 Å². The lowest BCUT2D eigenvalue weighted by molar-refractivity contribution is -0.140. The first kappa shape index (κ1) is 13.0. The minimum Gasteiger partial charge on any atom is -0.346 e. The second-order valence-corrected chi connectivity index (χ2v) is 6.86. The quantitative estimate of drug-likeness (QED) is 0.590. The van der Waals surface area contributed by atoms with Crippen molar-refractivity contribution in [2.24, 2.45) is 11.8 Å². The monoisotopic (exact) mass is 235 g/mol. The molecule has 0 bridgehead atoms. The molecule has 3 heteroatoms. The van der Waals surface area contributed by atoms with E-state index in [2.05, 4.69) is 14.8 Å². The van der Waals surface area contributed by atoms with Crippen LogP contribution in [0.15, 0.2) is 0 Å². The van der Waals surface area contributed by atoms with E-state index in [1.54, 1.807) is 0 Å². The molecule has 3 unspecified atom stereocenters. The Labute approximate surface area is 107 Å². The number of nitrogens with zero attached hydrogens (tertiary/aromatic N) is 1. The van der Waals surface area contributed by atoms with Crippen LogP contribution in [-0.4, -0.2) is 32.2 Å². The molecule has 1 amide bonds. The first-order chi connectivity index (χ1) is 7.99. The number of carbonyl (C=O) groups excluding carboxylic acids is 1. The summed E-state index contributed by atoms with van der Waals surface area (Å²) in [6.07, 6.45) is 8.78. The molecule has 1 aliphatic heterocycles. The SMILES string of the molecule is BC1(C)CCCC2CCN(C)C(=O)C2CCC1. The number of likely N-dealkylation sites (tertiary alicyclic amines) is 1. The van der Waals surface area contributed by atoms with Crippen molar-refractivity contribution < 1.29 is 4.79 Å². The van der Waals surface area contributed by atoms with Gasteiger partial charge in [-0.05, 0) is 25.2 Å². The third kappa shape index (κ3) is 3.05. The minimum absolute atomic E-state index is 0.336. The number of hydrogen-bond acceptors (Lipinski definition) is 1. The van der Waals surface area contributed by atoms with Crippen LogP contribution in [0.2, 0.25) is 5.31 Å². The van der Waals surface area contributed by atoms with Crippen LogP contribution >= 0.6 is 0 Å². The Hall–Kier alpha value is -0.465. The van der Waals surface area contributed by atoms with E-state index in [-0.39, 0.29) is 0 Å². The Balaban J connectivity index is 2.05. The van der Waals surface area contributed by atoms with Gasteiger partial charge in [-0.2, -0.15) is 0 Å². The predicted molar refractivity (Wildman–Crippen MR) is 73.8 cm³/mol. The molecule has 0 aromatic rings. The van der Waals surface area contributed by atoms with Crippen molar-refractivity contribution in [3.05, 3.63) is 0 Å². The van der Waals surface area contributed by atoms with Gasteiger partial charge < -0.3 is 4.90 Å². The Kier molecular flexibility index (Phi) is 3.84. The van der Waals surface area contributed by atoms with Crippen molar-refractivity contribution in [3.63, 3.8) is 0 Å². The molecule has 0 spiro atoms. The normalized spacial score (nSPS) is 40.1. The van der Waals surface area contributed by atoms with Gasteiger partial charge in [-0.3, -0.25) is 4.79 Å². The lowest BCUT2D eigenvalue weighted by Gasteiger charge is -2.36. The molecule has 0 N–H and O–H groups in total. The van der Waals surface area contributed by atoms with Crippen molar-refractivity contribution in [2.45, 2.75) is 57.2 Å². The second kappa shape index (κ2) is 5.03. The van der Waals surface area contributed by atoms with Crippen molar-refractivity contribution in [1.82, 2.24) is 4.90 Å². The van der Waals surface area contributed by atoms with E-state index in [0.717, 1.165) is 13.0 Å². The number of piperidine rings is 1. The molecule has 3 atom stereocenters. The molecule has 17 heavy (non-hydrogen) atoms. The molecule has 2 fully saturated rings. The molecule has 1 saturated carbocycles. The number of carbonyl (C=O) groups is 1. The first-order valence-electron chi connectivity index (χ1n) is 7.25. The van der Waals surface area contributed by atoms with E-state index in [1.807, 2.05) is 11.9 Å². The summed E-state index contributed by atoms with van der Waals surface area (Å²) in [4.78, 5) is 14.2. The summed E-state index contributed by atoms with van der Waals surface area (Å²) in [5.74, 6) is 1.43. The van der Waals surface area contributed by atoms with Crippen molar-refractivity contribution in [3.8, 4) is 0 Å². The molecule has 1 aliphatic carbocycles. The molecule has 1 heterocycles. The first-order valence-corrected chi connectivity index (χ1v) is 7.25. The molecule has 96 valence electrons. The van der Waals surface area contributed by atoms with E-state index in [9.17, 15) is 4.79 Å². The molecular weight excluding hydrogens is 209 g/mol. The van der Waals surface area contributed by atoms with Gasteiger partial charge in [-0.25, -0.2) is 0 Å². The summed E-state index contributed by atoms with van der Waals surface area (Å²) >= 11 is 0. The molecule has 0 radical (unpaired) electrons. The Morgan fingerprint density at radius 3 is 2.59 bits per heavy atom. The smallest absolute Gasteiger partial charge is 0.225 e. The summed E-state index contributed by atoms with van der Waals surface area (Å²) in [6, 6.07) is 0. The average molecular weight is 235 g/mol. The number of fused-ring (bicyclic) bond motifs is 1.